The predicted octanol–water partition coefficient (Wildman–Crippen LogP) is 3.20. The topological polar surface area (TPSA) is 29.9 Å². The number of nitrogens with zero attached hydrogens (tertiary/aromatic N) is 2. The lowest BCUT2D eigenvalue weighted by molar-refractivity contribution is 0.589. The third kappa shape index (κ3) is 3.24. The average molecular weight is 257 g/mol. The van der Waals surface area contributed by atoms with Crippen molar-refractivity contribution in [1.82, 2.24) is 15.1 Å². The van der Waals surface area contributed by atoms with Crippen LogP contribution in [0.5, 0.6) is 0 Å². The Morgan fingerprint density at radius 2 is 1.95 bits per heavy atom. The lowest BCUT2D eigenvalue weighted by Gasteiger charge is -2.11. The molecule has 0 aliphatic heterocycles. The first-order chi connectivity index (χ1) is 8.97. The van der Waals surface area contributed by atoms with Crippen LogP contribution in [-0.4, -0.2) is 15.8 Å². The molecule has 2 rings (SSSR count). The molecule has 1 aromatic carbocycles. The van der Waals surface area contributed by atoms with Gasteiger partial charge in [-0.15, -0.1) is 0 Å². The van der Waals surface area contributed by atoms with Crippen LogP contribution < -0.4 is 5.32 Å². The van der Waals surface area contributed by atoms with Crippen molar-refractivity contribution in [1.29, 1.82) is 0 Å². The molecule has 102 valence electrons. The molecule has 0 radical (unpaired) electrons. The molecule has 3 nitrogen and oxygen atoms in total. The number of aryl methyl sites for hydroxylation is 3. The van der Waals surface area contributed by atoms with Crippen LogP contribution in [0.15, 0.2) is 24.4 Å². The molecule has 0 atom stereocenters. The minimum Gasteiger partial charge on any atom is -0.310 e. The minimum absolute atomic E-state index is 0.505. The second-order valence-corrected chi connectivity index (χ2v) is 5.49. The molecule has 0 saturated heterocycles. The lowest BCUT2D eigenvalue weighted by atomic mass is 9.98. The van der Waals surface area contributed by atoms with Crippen molar-refractivity contribution in [2.24, 2.45) is 7.05 Å². The highest BCUT2D eigenvalue weighted by Crippen LogP contribution is 2.26. The van der Waals surface area contributed by atoms with Gasteiger partial charge in [0, 0.05) is 31.4 Å². The maximum atomic E-state index is 4.43. The van der Waals surface area contributed by atoms with Gasteiger partial charge in [0.2, 0.25) is 0 Å². The van der Waals surface area contributed by atoms with Gasteiger partial charge >= 0.3 is 0 Å². The summed E-state index contributed by atoms with van der Waals surface area (Å²) in [4.78, 5) is 0. The molecule has 0 unspecified atom stereocenters. The highest BCUT2D eigenvalue weighted by Gasteiger charge is 2.09. The van der Waals surface area contributed by atoms with Crippen molar-refractivity contribution in [3.63, 3.8) is 0 Å². The summed E-state index contributed by atoms with van der Waals surface area (Å²) < 4.78 is 1.88. The Morgan fingerprint density at radius 3 is 2.53 bits per heavy atom. The molecule has 0 aliphatic carbocycles. The standard InChI is InChI=1S/C16H23N3/c1-11(2)17-9-14-7-6-12(3)15(8-14)16-10-19(5)18-13(16)4/h6-8,10-11,17H,9H2,1-5H3. The zero-order chi connectivity index (χ0) is 14.0. The van der Waals surface area contributed by atoms with Gasteiger partial charge in [-0.05, 0) is 36.6 Å². The first-order valence-corrected chi connectivity index (χ1v) is 6.81. The van der Waals surface area contributed by atoms with E-state index in [2.05, 4.69) is 62.5 Å². The van der Waals surface area contributed by atoms with Crippen molar-refractivity contribution in [2.45, 2.75) is 40.3 Å². The molecule has 0 fully saturated rings. The van der Waals surface area contributed by atoms with E-state index in [4.69, 9.17) is 0 Å². The maximum absolute atomic E-state index is 4.43. The van der Waals surface area contributed by atoms with Crippen LogP contribution in [-0.2, 0) is 13.6 Å². The van der Waals surface area contributed by atoms with E-state index < -0.39 is 0 Å². The summed E-state index contributed by atoms with van der Waals surface area (Å²) in [5.41, 5.74) is 6.21. The molecule has 0 amide bonds. The molecule has 2 aromatic rings. The zero-order valence-electron chi connectivity index (χ0n) is 12.5. The van der Waals surface area contributed by atoms with E-state index in [0.717, 1.165) is 12.2 Å². The quantitative estimate of drug-likeness (QED) is 0.911. The van der Waals surface area contributed by atoms with Gasteiger partial charge in [-0.1, -0.05) is 26.0 Å². The number of benzene rings is 1. The van der Waals surface area contributed by atoms with E-state index in [0.29, 0.717) is 6.04 Å². The predicted molar refractivity (Wildman–Crippen MR) is 80.1 cm³/mol. The molecule has 1 N–H and O–H groups in total. The fraction of sp³-hybridized carbons (Fsp3) is 0.438. The van der Waals surface area contributed by atoms with Crippen molar-refractivity contribution < 1.29 is 0 Å². The van der Waals surface area contributed by atoms with E-state index in [9.17, 15) is 0 Å². The molecular weight excluding hydrogens is 234 g/mol. The molecule has 0 bridgehead atoms. The Kier molecular flexibility index (Phi) is 4.05. The van der Waals surface area contributed by atoms with Crippen LogP contribution >= 0.6 is 0 Å². The van der Waals surface area contributed by atoms with Gasteiger partial charge < -0.3 is 5.32 Å². The van der Waals surface area contributed by atoms with Crippen molar-refractivity contribution in [3.8, 4) is 11.1 Å². The molecule has 0 aliphatic rings. The Hall–Kier alpha value is -1.61. The third-order valence-corrected chi connectivity index (χ3v) is 3.32. The fourth-order valence-corrected chi connectivity index (χ4v) is 2.26. The lowest BCUT2D eigenvalue weighted by Crippen LogP contribution is -2.21. The Bertz CT molecular complexity index is 567. The molecule has 1 aromatic heterocycles. The second-order valence-electron chi connectivity index (χ2n) is 5.49. The minimum atomic E-state index is 0.505. The Balaban J connectivity index is 2.34. The highest BCUT2D eigenvalue weighted by molar-refractivity contribution is 5.69. The molecule has 0 saturated carbocycles. The third-order valence-electron chi connectivity index (χ3n) is 3.32. The zero-order valence-corrected chi connectivity index (χ0v) is 12.5. The molecule has 3 heteroatoms. The van der Waals surface area contributed by atoms with Gasteiger partial charge in [0.05, 0.1) is 5.69 Å². The number of aromatic nitrogens is 2. The van der Waals surface area contributed by atoms with Crippen LogP contribution in [0.3, 0.4) is 0 Å². The largest absolute Gasteiger partial charge is 0.310 e. The molecule has 0 spiro atoms. The normalized spacial score (nSPS) is 11.3. The van der Waals surface area contributed by atoms with Crippen molar-refractivity contribution in [2.75, 3.05) is 0 Å². The Labute approximate surface area is 115 Å². The highest BCUT2D eigenvalue weighted by atomic mass is 15.2. The first kappa shape index (κ1) is 13.8. The van der Waals surface area contributed by atoms with Crippen LogP contribution in [0, 0.1) is 13.8 Å². The van der Waals surface area contributed by atoms with E-state index >= 15 is 0 Å². The number of hydrogen-bond donors (Lipinski definition) is 1. The smallest absolute Gasteiger partial charge is 0.0672 e. The fourth-order valence-electron chi connectivity index (χ4n) is 2.26. The van der Waals surface area contributed by atoms with Crippen molar-refractivity contribution >= 4 is 0 Å². The van der Waals surface area contributed by atoms with E-state index in [1.807, 2.05) is 11.7 Å². The number of rotatable bonds is 4. The summed E-state index contributed by atoms with van der Waals surface area (Å²) >= 11 is 0. The Morgan fingerprint density at radius 1 is 1.21 bits per heavy atom. The van der Waals surface area contributed by atoms with Gasteiger partial charge in [0.25, 0.3) is 0 Å². The van der Waals surface area contributed by atoms with Gasteiger partial charge in [0.1, 0.15) is 0 Å². The first-order valence-electron chi connectivity index (χ1n) is 6.81. The monoisotopic (exact) mass is 257 g/mol. The SMILES string of the molecule is Cc1ccc(CNC(C)C)cc1-c1cn(C)nc1C. The number of hydrogen-bond acceptors (Lipinski definition) is 2. The maximum Gasteiger partial charge on any atom is 0.0672 e. The van der Waals surface area contributed by atoms with E-state index in [-0.39, 0.29) is 0 Å². The van der Waals surface area contributed by atoms with Gasteiger partial charge in [-0.25, -0.2) is 0 Å². The van der Waals surface area contributed by atoms with Gasteiger partial charge in [0.15, 0.2) is 0 Å². The van der Waals surface area contributed by atoms with E-state index in [1.165, 1.54) is 22.3 Å². The summed E-state index contributed by atoms with van der Waals surface area (Å²) in [6, 6.07) is 7.16. The molecule has 19 heavy (non-hydrogen) atoms. The molecular formula is C16H23N3. The average Bonchev–Trinajstić information content (AvgIpc) is 2.67. The van der Waals surface area contributed by atoms with Crippen LogP contribution in [0.4, 0.5) is 0 Å². The van der Waals surface area contributed by atoms with Crippen LogP contribution in [0.1, 0.15) is 30.7 Å². The molecule has 1 heterocycles. The number of nitrogens with one attached hydrogen (secondary N) is 1. The van der Waals surface area contributed by atoms with Crippen LogP contribution in [0.2, 0.25) is 0 Å². The van der Waals surface area contributed by atoms with Gasteiger partial charge in [-0.2, -0.15) is 5.10 Å². The van der Waals surface area contributed by atoms with Crippen LogP contribution in [0.25, 0.3) is 11.1 Å². The van der Waals surface area contributed by atoms with Gasteiger partial charge in [-0.3, -0.25) is 4.68 Å². The summed E-state index contributed by atoms with van der Waals surface area (Å²) in [6.07, 6.45) is 2.09. The van der Waals surface area contributed by atoms with E-state index in [1.54, 1.807) is 0 Å². The summed E-state index contributed by atoms with van der Waals surface area (Å²) in [5, 5.41) is 7.89. The second kappa shape index (κ2) is 5.57. The van der Waals surface area contributed by atoms with Crippen molar-refractivity contribution in [3.05, 3.63) is 41.2 Å². The summed E-state index contributed by atoms with van der Waals surface area (Å²) in [6.45, 7) is 9.46. The summed E-state index contributed by atoms with van der Waals surface area (Å²) in [7, 11) is 1.97. The summed E-state index contributed by atoms with van der Waals surface area (Å²) in [5.74, 6) is 0.